The van der Waals surface area contributed by atoms with Crippen molar-refractivity contribution in [3.05, 3.63) is 70.4 Å². The Morgan fingerprint density at radius 3 is 2.41 bits per heavy atom. The van der Waals surface area contributed by atoms with Crippen LogP contribution in [0.2, 0.25) is 0 Å². The van der Waals surface area contributed by atoms with Crippen LogP contribution in [0.3, 0.4) is 0 Å². The van der Waals surface area contributed by atoms with E-state index in [4.69, 9.17) is 0 Å². The van der Waals surface area contributed by atoms with Crippen LogP contribution in [0.5, 0.6) is 0 Å². The Balaban J connectivity index is 1.67. The lowest BCUT2D eigenvalue weighted by Gasteiger charge is -2.11. The molecule has 1 unspecified atom stereocenters. The Kier molecular flexibility index (Phi) is 6.07. The van der Waals surface area contributed by atoms with Crippen LogP contribution >= 0.6 is 0 Å². The number of nitrogens with zero attached hydrogens (tertiary/aromatic N) is 6. The van der Waals surface area contributed by atoms with E-state index in [1.807, 2.05) is 62.4 Å². The molecular formula is C23H25N7O2. The van der Waals surface area contributed by atoms with Crippen LogP contribution in [0.4, 0.5) is 0 Å². The molecule has 0 fully saturated rings. The maximum Gasteiger partial charge on any atom is 0.353 e. The first kappa shape index (κ1) is 21.4. The zero-order valence-corrected chi connectivity index (χ0v) is 18.3. The van der Waals surface area contributed by atoms with Gasteiger partial charge >= 0.3 is 5.69 Å². The minimum atomic E-state index is -0.389. The molecule has 2 aromatic heterocycles. The zero-order valence-electron chi connectivity index (χ0n) is 18.3. The number of carbonyl (C=O) groups excluding carboxylic acids is 1. The van der Waals surface area contributed by atoms with E-state index in [0.29, 0.717) is 18.2 Å². The molecule has 0 saturated heterocycles. The number of aromatic nitrogens is 7. The van der Waals surface area contributed by atoms with Gasteiger partial charge in [0, 0.05) is 17.9 Å². The van der Waals surface area contributed by atoms with Crippen molar-refractivity contribution >= 4 is 5.91 Å². The number of nitrogens with one attached hydrogen (secondary N) is 1. The van der Waals surface area contributed by atoms with Gasteiger partial charge < -0.3 is 0 Å². The molecule has 0 bridgehead atoms. The van der Waals surface area contributed by atoms with E-state index in [1.54, 1.807) is 11.5 Å². The molecule has 9 heteroatoms. The Bertz CT molecular complexity index is 1270. The summed E-state index contributed by atoms with van der Waals surface area (Å²) in [6, 6.07) is 15.9. The average Bonchev–Trinajstić information content (AvgIpc) is 3.48. The summed E-state index contributed by atoms with van der Waals surface area (Å²) in [5.74, 6) is 0.997. The van der Waals surface area contributed by atoms with Gasteiger partial charge in [0.2, 0.25) is 0 Å². The zero-order chi connectivity index (χ0) is 22.7. The molecule has 0 saturated carbocycles. The van der Waals surface area contributed by atoms with Crippen molar-refractivity contribution in [2.75, 3.05) is 0 Å². The molecule has 0 radical (unpaired) electrons. The second-order valence-electron chi connectivity index (χ2n) is 7.69. The Labute approximate surface area is 185 Å². The normalized spacial score (nSPS) is 12.1. The van der Waals surface area contributed by atoms with Gasteiger partial charge in [-0.15, -0.1) is 14.9 Å². The minimum absolute atomic E-state index is 0.0651. The smallest absolute Gasteiger partial charge is 0.274 e. The maximum atomic E-state index is 12.9. The predicted molar refractivity (Wildman–Crippen MR) is 120 cm³/mol. The van der Waals surface area contributed by atoms with Gasteiger partial charge in [-0.1, -0.05) is 69.3 Å². The molecule has 9 nitrogen and oxygen atoms in total. The second kappa shape index (κ2) is 9.09. The van der Waals surface area contributed by atoms with Crippen molar-refractivity contribution in [3.63, 3.8) is 0 Å². The van der Waals surface area contributed by atoms with Gasteiger partial charge in [0.25, 0.3) is 5.91 Å². The van der Waals surface area contributed by atoms with Crippen LogP contribution < -0.4 is 5.69 Å². The van der Waals surface area contributed by atoms with Crippen LogP contribution in [-0.4, -0.2) is 40.9 Å². The van der Waals surface area contributed by atoms with E-state index in [9.17, 15) is 9.59 Å². The lowest BCUT2D eigenvalue weighted by Crippen LogP contribution is -2.30. The summed E-state index contributed by atoms with van der Waals surface area (Å²) in [5.41, 5.74) is 3.46. The summed E-state index contributed by atoms with van der Waals surface area (Å²) < 4.78 is 2.60. The first-order chi connectivity index (χ1) is 15.5. The summed E-state index contributed by atoms with van der Waals surface area (Å²) >= 11 is 0. The molecule has 2 aromatic carbocycles. The van der Waals surface area contributed by atoms with Crippen molar-refractivity contribution in [1.82, 2.24) is 35.0 Å². The van der Waals surface area contributed by atoms with Gasteiger partial charge in [0.05, 0.1) is 6.54 Å². The van der Waals surface area contributed by atoms with E-state index in [0.717, 1.165) is 33.4 Å². The highest BCUT2D eigenvalue weighted by molar-refractivity contribution is 5.80. The van der Waals surface area contributed by atoms with Crippen molar-refractivity contribution in [2.24, 2.45) is 0 Å². The fourth-order valence-corrected chi connectivity index (χ4v) is 3.61. The molecule has 0 amide bonds. The van der Waals surface area contributed by atoms with Gasteiger partial charge in [-0.25, -0.2) is 9.89 Å². The predicted octanol–water partition coefficient (Wildman–Crippen LogP) is 3.50. The van der Waals surface area contributed by atoms with Crippen LogP contribution in [-0.2, 0) is 6.54 Å². The molecule has 2 heterocycles. The summed E-state index contributed by atoms with van der Waals surface area (Å²) in [7, 11) is 0. The monoisotopic (exact) mass is 431 g/mol. The molecule has 0 aliphatic heterocycles. The summed E-state index contributed by atoms with van der Waals surface area (Å²) in [6.45, 7) is 6.12. The number of benzene rings is 2. The fourth-order valence-electron chi connectivity index (χ4n) is 3.61. The third kappa shape index (κ3) is 4.01. The van der Waals surface area contributed by atoms with E-state index in [-0.39, 0.29) is 23.9 Å². The van der Waals surface area contributed by atoms with Gasteiger partial charge in [0.1, 0.15) is 5.82 Å². The van der Waals surface area contributed by atoms with Gasteiger partial charge in [-0.2, -0.15) is 0 Å². The van der Waals surface area contributed by atoms with Crippen molar-refractivity contribution < 1.29 is 4.79 Å². The second-order valence-corrected chi connectivity index (χ2v) is 7.69. The van der Waals surface area contributed by atoms with Crippen molar-refractivity contribution in [1.29, 1.82) is 0 Å². The highest BCUT2D eigenvalue weighted by Gasteiger charge is 2.21. The molecule has 32 heavy (non-hydrogen) atoms. The molecule has 4 rings (SSSR count). The van der Waals surface area contributed by atoms with E-state index in [1.165, 1.54) is 0 Å². The number of hydrogen-bond donors (Lipinski definition) is 1. The number of tetrazole rings is 1. The first-order valence-electron chi connectivity index (χ1n) is 10.7. The average molecular weight is 432 g/mol. The van der Waals surface area contributed by atoms with E-state index in [2.05, 4.69) is 25.7 Å². The molecule has 0 aliphatic rings. The number of H-pyrrole nitrogens is 1. The molecule has 0 spiro atoms. The molecule has 1 N–H and O–H groups in total. The lowest BCUT2D eigenvalue weighted by atomic mass is 9.98. The Morgan fingerprint density at radius 1 is 1.06 bits per heavy atom. The number of aromatic amines is 1. The van der Waals surface area contributed by atoms with Crippen molar-refractivity contribution in [2.45, 2.75) is 46.1 Å². The lowest BCUT2D eigenvalue weighted by molar-refractivity contribution is 0.0887. The Morgan fingerprint density at radius 2 is 1.78 bits per heavy atom. The summed E-state index contributed by atoms with van der Waals surface area (Å²) in [6.07, 6.45) is 1.05. The summed E-state index contributed by atoms with van der Waals surface area (Å²) in [5, 5.41) is 18.5. The van der Waals surface area contributed by atoms with Crippen LogP contribution in [0.1, 0.15) is 55.7 Å². The van der Waals surface area contributed by atoms with E-state index >= 15 is 0 Å². The SMILES string of the molecule is CCC(=O)n1nc(C(C)CC)n(Cc2ccc(-c3ccccc3-c3nnn[nH]3)cc2)c1=O. The number of rotatable bonds is 7. The third-order valence-corrected chi connectivity index (χ3v) is 5.62. The quantitative estimate of drug-likeness (QED) is 0.479. The minimum Gasteiger partial charge on any atom is -0.274 e. The highest BCUT2D eigenvalue weighted by Crippen LogP contribution is 2.29. The highest BCUT2D eigenvalue weighted by atomic mass is 16.2. The molecular weight excluding hydrogens is 406 g/mol. The third-order valence-electron chi connectivity index (χ3n) is 5.62. The number of hydrogen-bond acceptors (Lipinski definition) is 6. The standard InChI is InChI=1S/C23H25N7O2/c1-4-15(3)22-26-30(20(31)5-2)23(32)29(22)14-16-10-12-17(13-11-16)18-8-6-7-9-19(18)21-24-27-28-25-21/h6-13,15H,4-5,14H2,1-3H3,(H,24,25,27,28). The fraction of sp³-hybridized carbons (Fsp3) is 0.304. The van der Waals surface area contributed by atoms with Gasteiger partial charge in [-0.3, -0.25) is 9.36 Å². The maximum absolute atomic E-state index is 12.9. The van der Waals surface area contributed by atoms with Crippen LogP contribution in [0.25, 0.3) is 22.5 Å². The number of carbonyl (C=O) groups is 1. The first-order valence-corrected chi connectivity index (χ1v) is 10.7. The topological polar surface area (TPSA) is 111 Å². The Hall–Kier alpha value is -3.88. The van der Waals surface area contributed by atoms with Gasteiger partial charge in [-0.05, 0) is 33.5 Å². The van der Waals surface area contributed by atoms with Crippen molar-refractivity contribution in [3.8, 4) is 22.5 Å². The molecule has 0 aliphatic carbocycles. The largest absolute Gasteiger partial charge is 0.353 e. The van der Waals surface area contributed by atoms with Crippen LogP contribution in [0, 0.1) is 0 Å². The van der Waals surface area contributed by atoms with Gasteiger partial charge in [0.15, 0.2) is 5.82 Å². The van der Waals surface area contributed by atoms with E-state index < -0.39 is 0 Å². The molecule has 1 atom stereocenters. The molecule has 164 valence electrons. The molecule has 4 aromatic rings. The summed E-state index contributed by atoms with van der Waals surface area (Å²) in [4.78, 5) is 25.1. The van der Waals surface area contributed by atoms with Crippen LogP contribution in [0.15, 0.2) is 53.3 Å².